The fourth-order valence-electron chi connectivity index (χ4n) is 1.48. The normalized spacial score (nSPS) is 10.1. The van der Waals surface area contributed by atoms with Gasteiger partial charge in [-0.2, -0.15) is 0 Å². The molecule has 0 aliphatic heterocycles. The smallest absolute Gasteiger partial charge is 0.251 e. The summed E-state index contributed by atoms with van der Waals surface area (Å²) in [7, 11) is 3.27. The fourth-order valence-corrected chi connectivity index (χ4v) is 1.48. The van der Waals surface area contributed by atoms with Gasteiger partial charge < -0.3 is 14.6 Å². The predicted octanol–water partition coefficient (Wildman–Crippen LogP) is 0.555. The van der Waals surface area contributed by atoms with E-state index < -0.39 is 0 Å². The number of aromatic nitrogens is 2. The number of carbonyl (C=O) groups is 2. The summed E-state index contributed by atoms with van der Waals surface area (Å²) >= 11 is 0. The zero-order valence-corrected chi connectivity index (χ0v) is 11.2. The summed E-state index contributed by atoms with van der Waals surface area (Å²) < 4.78 is 5.05. The van der Waals surface area contributed by atoms with Gasteiger partial charge in [-0.25, -0.2) is 0 Å². The molecule has 7 heteroatoms. The van der Waals surface area contributed by atoms with E-state index in [-0.39, 0.29) is 18.4 Å². The third-order valence-corrected chi connectivity index (χ3v) is 2.65. The Hall–Kier alpha value is -2.70. The number of hydrogen-bond acceptors (Lipinski definition) is 5. The van der Waals surface area contributed by atoms with Gasteiger partial charge in [-0.15, -0.1) is 10.2 Å². The molecule has 0 radical (unpaired) electrons. The van der Waals surface area contributed by atoms with Crippen molar-refractivity contribution in [1.82, 2.24) is 20.4 Å². The van der Waals surface area contributed by atoms with E-state index in [9.17, 15) is 9.59 Å². The minimum absolute atomic E-state index is 0.0305. The number of nitrogens with one attached hydrogen (secondary N) is 1. The standard InChI is InChI=1S/C13H14N4O3/c1-17(2)11(18)7-14-12(19)9-3-5-10(6-4-9)13-16-15-8-20-13/h3-6,8H,7H2,1-2H3,(H,14,19). The monoisotopic (exact) mass is 274 g/mol. The van der Waals surface area contributed by atoms with Crippen LogP contribution in [0.4, 0.5) is 0 Å². The Morgan fingerprint density at radius 3 is 2.50 bits per heavy atom. The molecule has 0 aliphatic carbocycles. The lowest BCUT2D eigenvalue weighted by Gasteiger charge is -2.10. The van der Waals surface area contributed by atoms with Gasteiger partial charge in [0.15, 0.2) is 0 Å². The third kappa shape index (κ3) is 3.19. The van der Waals surface area contributed by atoms with Crippen molar-refractivity contribution in [3.63, 3.8) is 0 Å². The van der Waals surface area contributed by atoms with Gasteiger partial charge in [0.1, 0.15) is 0 Å². The number of nitrogens with zero attached hydrogens (tertiary/aromatic N) is 3. The van der Waals surface area contributed by atoms with Crippen LogP contribution >= 0.6 is 0 Å². The summed E-state index contributed by atoms with van der Waals surface area (Å²) in [6, 6.07) is 6.68. The Morgan fingerprint density at radius 2 is 1.95 bits per heavy atom. The molecule has 0 fully saturated rings. The van der Waals surface area contributed by atoms with E-state index in [1.54, 1.807) is 38.4 Å². The molecule has 1 aromatic carbocycles. The molecular weight excluding hydrogens is 260 g/mol. The average molecular weight is 274 g/mol. The third-order valence-electron chi connectivity index (χ3n) is 2.65. The summed E-state index contributed by atoms with van der Waals surface area (Å²) in [4.78, 5) is 24.6. The van der Waals surface area contributed by atoms with Crippen molar-refractivity contribution < 1.29 is 14.0 Å². The lowest BCUT2D eigenvalue weighted by molar-refractivity contribution is -0.127. The molecule has 0 saturated carbocycles. The first-order chi connectivity index (χ1) is 9.58. The molecule has 0 aliphatic rings. The van der Waals surface area contributed by atoms with Crippen LogP contribution in [0, 0.1) is 0 Å². The van der Waals surface area contributed by atoms with E-state index >= 15 is 0 Å². The topological polar surface area (TPSA) is 88.3 Å². The maximum atomic E-state index is 11.8. The van der Waals surface area contributed by atoms with Gasteiger partial charge in [0.2, 0.25) is 18.2 Å². The van der Waals surface area contributed by atoms with Crippen LogP contribution in [0.25, 0.3) is 11.5 Å². The van der Waals surface area contributed by atoms with Crippen LogP contribution in [-0.2, 0) is 4.79 Å². The van der Waals surface area contributed by atoms with Gasteiger partial charge in [-0.1, -0.05) is 0 Å². The summed E-state index contributed by atoms with van der Waals surface area (Å²) in [6.07, 6.45) is 1.24. The highest BCUT2D eigenvalue weighted by atomic mass is 16.4. The van der Waals surface area contributed by atoms with Crippen molar-refractivity contribution >= 4 is 11.8 Å². The maximum Gasteiger partial charge on any atom is 0.251 e. The van der Waals surface area contributed by atoms with E-state index in [0.29, 0.717) is 11.5 Å². The Kier molecular flexibility index (Phi) is 4.09. The Balaban J connectivity index is 1.99. The van der Waals surface area contributed by atoms with E-state index in [2.05, 4.69) is 15.5 Å². The molecule has 0 atom stereocenters. The van der Waals surface area contributed by atoms with Gasteiger partial charge in [-0.05, 0) is 24.3 Å². The number of benzene rings is 1. The van der Waals surface area contributed by atoms with Crippen LogP contribution in [0.2, 0.25) is 0 Å². The molecule has 104 valence electrons. The van der Waals surface area contributed by atoms with Crippen LogP contribution in [0.1, 0.15) is 10.4 Å². The molecule has 2 aromatic rings. The molecule has 0 bridgehead atoms. The number of rotatable bonds is 4. The van der Waals surface area contributed by atoms with Crippen molar-refractivity contribution in [1.29, 1.82) is 0 Å². The van der Waals surface area contributed by atoms with Gasteiger partial charge in [0.25, 0.3) is 5.91 Å². The van der Waals surface area contributed by atoms with Crippen molar-refractivity contribution in [2.24, 2.45) is 0 Å². The minimum atomic E-state index is -0.308. The van der Waals surface area contributed by atoms with Crippen molar-refractivity contribution in [2.75, 3.05) is 20.6 Å². The average Bonchev–Trinajstić information content (AvgIpc) is 2.98. The van der Waals surface area contributed by atoms with Crippen molar-refractivity contribution in [2.45, 2.75) is 0 Å². The number of hydrogen-bond donors (Lipinski definition) is 1. The van der Waals surface area contributed by atoms with E-state index in [0.717, 1.165) is 5.56 Å². The first-order valence-corrected chi connectivity index (χ1v) is 5.93. The Bertz CT molecular complexity index is 591. The molecule has 2 rings (SSSR count). The van der Waals surface area contributed by atoms with Crippen molar-refractivity contribution in [3.05, 3.63) is 36.2 Å². The number of likely N-dealkylation sites (N-methyl/N-ethyl adjacent to an activating group) is 1. The SMILES string of the molecule is CN(C)C(=O)CNC(=O)c1ccc(-c2nnco2)cc1. The summed E-state index contributed by atoms with van der Waals surface area (Å²) in [5, 5.41) is 9.91. The highest BCUT2D eigenvalue weighted by Crippen LogP contribution is 2.16. The molecule has 1 heterocycles. The second-order valence-electron chi connectivity index (χ2n) is 4.29. The molecule has 0 saturated heterocycles. The van der Waals surface area contributed by atoms with Crippen LogP contribution in [0.15, 0.2) is 35.1 Å². The highest BCUT2D eigenvalue weighted by Gasteiger charge is 2.10. The fraction of sp³-hybridized carbons (Fsp3) is 0.231. The quantitative estimate of drug-likeness (QED) is 0.879. The zero-order valence-electron chi connectivity index (χ0n) is 11.2. The molecule has 20 heavy (non-hydrogen) atoms. The van der Waals surface area contributed by atoms with Crippen LogP contribution < -0.4 is 5.32 Å². The molecule has 1 aromatic heterocycles. The molecule has 7 nitrogen and oxygen atoms in total. The Morgan fingerprint density at radius 1 is 1.25 bits per heavy atom. The van der Waals surface area contributed by atoms with Crippen LogP contribution in [0.3, 0.4) is 0 Å². The first kappa shape index (κ1) is 13.7. The van der Waals surface area contributed by atoms with Gasteiger partial charge in [0.05, 0.1) is 6.54 Å². The van der Waals surface area contributed by atoms with Gasteiger partial charge >= 0.3 is 0 Å². The van der Waals surface area contributed by atoms with Gasteiger partial charge in [-0.3, -0.25) is 9.59 Å². The van der Waals surface area contributed by atoms with Gasteiger partial charge in [0, 0.05) is 25.2 Å². The molecular formula is C13H14N4O3. The highest BCUT2D eigenvalue weighted by molar-refractivity contribution is 5.96. The number of carbonyl (C=O) groups excluding carboxylic acids is 2. The van der Waals surface area contributed by atoms with Crippen LogP contribution in [-0.4, -0.2) is 47.6 Å². The van der Waals surface area contributed by atoms with E-state index in [1.165, 1.54) is 11.3 Å². The first-order valence-electron chi connectivity index (χ1n) is 5.93. The lowest BCUT2D eigenvalue weighted by atomic mass is 10.1. The second kappa shape index (κ2) is 5.96. The number of amides is 2. The molecule has 0 spiro atoms. The lowest BCUT2D eigenvalue weighted by Crippen LogP contribution is -2.36. The van der Waals surface area contributed by atoms with E-state index in [1.807, 2.05) is 0 Å². The summed E-state index contributed by atoms with van der Waals surface area (Å²) in [6.45, 7) is -0.0305. The molecule has 2 amide bonds. The Labute approximate surface area is 115 Å². The second-order valence-corrected chi connectivity index (χ2v) is 4.29. The predicted molar refractivity (Wildman–Crippen MR) is 70.8 cm³/mol. The van der Waals surface area contributed by atoms with E-state index in [4.69, 9.17) is 4.42 Å². The minimum Gasteiger partial charge on any atom is -0.423 e. The van der Waals surface area contributed by atoms with Crippen molar-refractivity contribution in [3.8, 4) is 11.5 Å². The molecule has 1 N–H and O–H groups in total. The zero-order chi connectivity index (χ0) is 14.5. The largest absolute Gasteiger partial charge is 0.423 e. The summed E-state index contributed by atoms with van der Waals surface area (Å²) in [5.74, 6) is -0.0853. The maximum absolute atomic E-state index is 11.8. The molecule has 0 unspecified atom stereocenters. The van der Waals surface area contributed by atoms with Crippen LogP contribution in [0.5, 0.6) is 0 Å². The summed E-state index contributed by atoms with van der Waals surface area (Å²) in [5.41, 5.74) is 1.18.